The van der Waals surface area contributed by atoms with Crippen LogP contribution in [0.5, 0.6) is 0 Å². The van der Waals surface area contributed by atoms with Crippen molar-refractivity contribution in [1.29, 1.82) is 0 Å². The zero-order chi connectivity index (χ0) is 25.0. The summed E-state index contributed by atoms with van der Waals surface area (Å²) in [7, 11) is 0. The SMILES string of the molecule is CC(C)C1=CC(C2CCCCC2)C2=C(CC(C3CC4(CC(C(F)(F)F)=CC=C4C=O)C3)CC2=O)N1. The van der Waals surface area contributed by atoms with Gasteiger partial charge in [0.1, 0.15) is 6.29 Å². The largest absolute Gasteiger partial charge is 0.412 e. The third kappa shape index (κ3) is 4.46. The Morgan fingerprint density at radius 3 is 2.37 bits per heavy atom. The van der Waals surface area contributed by atoms with E-state index >= 15 is 0 Å². The predicted molar refractivity (Wildman–Crippen MR) is 129 cm³/mol. The zero-order valence-electron chi connectivity index (χ0n) is 20.7. The van der Waals surface area contributed by atoms with Crippen molar-refractivity contribution in [3.05, 3.63) is 46.3 Å². The Hall–Kier alpha value is -2.11. The Labute approximate surface area is 206 Å². The highest BCUT2D eigenvalue weighted by molar-refractivity contribution is 5.98. The van der Waals surface area contributed by atoms with Crippen LogP contribution in [0.4, 0.5) is 13.2 Å². The molecule has 5 aliphatic rings. The highest BCUT2D eigenvalue weighted by atomic mass is 19.4. The van der Waals surface area contributed by atoms with Crippen molar-refractivity contribution in [3.8, 4) is 0 Å². The molecule has 1 spiro atoms. The van der Waals surface area contributed by atoms with Gasteiger partial charge in [-0.25, -0.2) is 0 Å². The monoisotopic (exact) mass is 487 g/mol. The summed E-state index contributed by atoms with van der Waals surface area (Å²) < 4.78 is 40.2. The van der Waals surface area contributed by atoms with E-state index in [-0.39, 0.29) is 30.0 Å². The number of ketones is 1. The van der Waals surface area contributed by atoms with E-state index in [4.69, 9.17) is 0 Å². The minimum atomic E-state index is -4.37. The van der Waals surface area contributed by atoms with E-state index in [9.17, 15) is 22.8 Å². The van der Waals surface area contributed by atoms with E-state index in [2.05, 4.69) is 25.2 Å². The Morgan fingerprint density at radius 2 is 1.74 bits per heavy atom. The molecule has 0 aromatic heterocycles. The lowest BCUT2D eigenvalue weighted by Gasteiger charge is -2.53. The van der Waals surface area contributed by atoms with Crippen molar-refractivity contribution >= 4 is 12.1 Å². The summed E-state index contributed by atoms with van der Waals surface area (Å²) in [6.45, 7) is 4.34. The number of hydrogen-bond donors (Lipinski definition) is 1. The second kappa shape index (κ2) is 9.08. The number of alkyl halides is 3. The van der Waals surface area contributed by atoms with Crippen LogP contribution < -0.4 is 5.32 Å². The molecule has 1 aliphatic heterocycles. The van der Waals surface area contributed by atoms with E-state index in [0.717, 1.165) is 30.1 Å². The maximum Gasteiger partial charge on any atom is 0.412 e. The molecule has 2 atom stereocenters. The molecule has 2 unspecified atom stereocenters. The summed E-state index contributed by atoms with van der Waals surface area (Å²) in [4.78, 5) is 25.2. The minimum Gasteiger partial charge on any atom is -0.362 e. The van der Waals surface area contributed by atoms with Gasteiger partial charge in [0.25, 0.3) is 0 Å². The molecule has 4 aliphatic carbocycles. The molecular weight excluding hydrogens is 451 g/mol. The molecule has 35 heavy (non-hydrogen) atoms. The molecule has 0 amide bonds. The summed E-state index contributed by atoms with van der Waals surface area (Å²) in [5.41, 5.74) is 2.41. The van der Waals surface area contributed by atoms with Gasteiger partial charge in [-0.2, -0.15) is 13.2 Å². The summed E-state index contributed by atoms with van der Waals surface area (Å²) in [6, 6.07) is 0. The van der Waals surface area contributed by atoms with Gasteiger partial charge in [0.15, 0.2) is 5.78 Å². The predicted octanol–water partition coefficient (Wildman–Crippen LogP) is 6.97. The van der Waals surface area contributed by atoms with Gasteiger partial charge in [-0.3, -0.25) is 9.59 Å². The first-order chi connectivity index (χ1) is 16.6. The Morgan fingerprint density at radius 1 is 1.03 bits per heavy atom. The van der Waals surface area contributed by atoms with E-state index in [1.54, 1.807) is 0 Å². The van der Waals surface area contributed by atoms with Gasteiger partial charge in [0.05, 0.1) is 0 Å². The summed E-state index contributed by atoms with van der Waals surface area (Å²) >= 11 is 0. The van der Waals surface area contributed by atoms with Gasteiger partial charge in [-0.05, 0) is 67.8 Å². The number of aldehydes is 1. The van der Waals surface area contributed by atoms with Gasteiger partial charge in [-0.15, -0.1) is 0 Å². The topological polar surface area (TPSA) is 46.2 Å². The number of rotatable bonds is 4. The Balaban J connectivity index is 1.35. The molecule has 1 N–H and O–H groups in total. The maximum atomic E-state index is 13.5. The third-order valence-corrected chi connectivity index (χ3v) is 9.38. The molecule has 6 heteroatoms. The molecule has 0 bridgehead atoms. The van der Waals surface area contributed by atoms with Crippen molar-refractivity contribution in [2.75, 3.05) is 0 Å². The van der Waals surface area contributed by atoms with E-state index < -0.39 is 17.2 Å². The van der Waals surface area contributed by atoms with E-state index in [1.165, 1.54) is 43.9 Å². The van der Waals surface area contributed by atoms with Crippen LogP contribution in [-0.4, -0.2) is 18.2 Å². The van der Waals surface area contributed by atoms with Crippen molar-refractivity contribution < 1.29 is 22.8 Å². The normalized spacial score (nSPS) is 34.1. The number of nitrogens with one attached hydrogen (secondary N) is 1. The summed E-state index contributed by atoms with van der Waals surface area (Å²) in [5, 5.41) is 3.60. The van der Waals surface area contributed by atoms with Crippen LogP contribution >= 0.6 is 0 Å². The molecule has 0 aromatic carbocycles. The Bertz CT molecular complexity index is 1020. The minimum absolute atomic E-state index is 0.117. The Kier molecular flexibility index (Phi) is 6.38. The molecule has 3 nitrogen and oxygen atoms in total. The number of carbonyl (C=O) groups excluding carboxylic acids is 2. The van der Waals surface area contributed by atoms with Crippen LogP contribution in [-0.2, 0) is 9.59 Å². The molecule has 2 saturated carbocycles. The molecular formula is C29H36F3NO2. The average Bonchev–Trinajstić information content (AvgIpc) is 2.81. The molecule has 0 saturated heterocycles. The first kappa shape index (κ1) is 24.6. The smallest absolute Gasteiger partial charge is 0.362 e. The third-order valence-electron chi connectivity index (χ3n) is 9.38. The molecule has 5 rings (SSSR count). The molecule has 2 fully saturated rings. The first-order valence-electron chi connectivity index (χ1n) is 13.3. The first-order valence-corrected chi connectivity index (χ1v) is 13.3. The maximum absolute atomic E-state index is 13.5. The summed E-state index contributed by atoms with van der Waals surface area (Å²) in [6.07, 6.45) is 9.35. The van der Waals surface area contributed by atoms with Gasteiger partial charge in [0, 0.05) is 40.3 Å². The number of Topliss-reactive ketones (excluding diaryl/α,β-unsaturated/α-hetero) is 1. The van der Waals surface area contributed by atoms with Crippen LogP contribution in [0.15, 0.2) is 46.3 Å². The fourth-order valence-electron chi connectivity index (χ4n) is 7.40. The molecule has 1 heterocycles. The van der Waals surface area contributed by atoms with Crippen molar-refractivity contribution in [2.45, 2.75) is 84.2 Å². The second-order valence-electron chi connectivity index (χ2n) is 11.9. The fraction of sp³-hybridized carbons (Fsp3) is 0.655. The fourth-order valence-corrected chi connectivity index (χ4v) is 7.40. The van der Waals surface area contributed by atoms with E-state index in [1.807, 2.05) is 0 Å². The number of halogens is 3. The summed E-state index contributed by atoms with van der Waals surface area (Å²) in [5.74, 6) is 1.54. The lowest BCUT2D eigenvalue weighted by atomic mass is 9.50. The number of allylic oxidation sites excluding steroid dienone is 8. The second-order valence-corrected chi connectivity index (χ2v) is 11.9. The number of carbonyl (C=O) groups is 2. The van der Waals surface area contributed by atoms with Gasteiger partial charge in [0.2, 0.25) is 0 Å². The van der Waals surface area contributed by atoms with Gasteiger partial charge < -0.3 is 5.32 Å². The van der Waals surface area contributed by atoms with Crippen LogP contribution in [0.3, 0.4) is 0 Å². The molecule has 0 radical (unpaired) electrons. The highest BCUT2D eigenvalue weighted by Crippen LogP contribution is 2.61. The van der Waals surface area contributed by atoms with Crippen molar-refractivity contribution in [3.63, 3.8) is 0 Å². The van der Waals surface area contributed by atoms with Crippen LogP contribution in [0.1, 0.15) is 78.1 Å². The van der Waals surface area contributed by atoms with Crippen LogP contribution in [0.25, 0.3) is 0 Å². The average molecular weight is 488 g/mol. The molecule has 0 aromatic rings. The lowest BCUT2D eigenvalue weighted by Crippen LogP contribution is -2.47. The van der Waals surface area contributed by atoms with Gasteiger partial charge >= 0.3 is 6.18 Å². The highest BCUT2D eigenvalue weighted by Gasteiger charge is 2.54. The molecule has 190 valence electrons. The quantitative estimate of drug-likeness (QED) is 0.436. The standard InChI is InChI=1S/C29H36F3NO2/c1-17(2)24-12-23(18-6-4-3-5-7-18)27-25(33-24)10-19(11-26(27)35)20-13-28(14-20)15-21(29(30,31)32)8-9-22(28)16-34/h8-9,12,16-20,23,33H,3-7,10-11,13-15H2,1-2H3. The van der Waals surface area contributed by atoms with Crippen molar-refractivity contribution in [1.82, 2.24) is 5.32 Å². The van der Waals surface area contributed by atoms with Crippen LogP contribution in [0, 0.1) is 35.0 Å². The van der Waals surface area contributed by atoms with Crippen molar-refractivity contribution in [2.24, 2.45) is 35.0 Å². The van der Waals surface area contributed by atoms with E-state index in [0.29, 0.717) is 36.7 Å². The van der Waals surface area contributed by atoms with Crippen LogP contribution in [0.2, 0.25) is 0 Å². The number of dihydropyridines is 1. The lowest BCUT2D eigenvalue weighted by molar-refractivity contribution is -0.120. The van der Waals surface area contributed by atoms with Gasteiger partial charge in [-0.1, -0.05) is 51.3 Å². The zero-order valence-corrected chi connectivity index (χ0v) is 20.7. The number of hydrogen-bond acceptors (Lipinski definition) is 3.